The Balaban J connectivity index is 3.46. The Morgan fingerprint density at radius 3 is 1.81 bits per heavy atom. The monoisotopic (exact) mass is 318 g/mol. The van der Waals surface area contributed by atoms with E-state index in [2.05, 4.69) is 0 Å². The Bertz CT molecular complexity index is 303. The van der Waals surface area contributed by atoms with Gasteiger partial charge in [0.2, 0.25) is 0 Å². The van der Waals surface area contributed by atoms with E-state index in [-0.39, 0.29) is 0 Å². The molecular formula is C16H27ClO4. The highest BCUT2D eigenvalue weighted by molar-refractivity contribution is 6.17. The molecule has 21 heavy (non-hydrogen) atoms. The highest BCUT2D eigenvalue weighted by Gasteiger charge is 2.00. The van der Waals surface area contributed by atoms with Gasteiger partial charge in [-0.3, -0.25) is 0 Å². The van der Waals surface area contributed by atoms with Crippen molar-refractivity contribution >= 4 is 23.5 Å². The Morgan fingerprint density at radius 1 is 0.810 bits per heavy atom. The molecule has 0 aromatic rings. The van der Waals surface area contributed by atoms with Crippen LogP contribution in [-0.4, -0.2) is 31.0 Å². The lowest BCUT2D eigenvalue weighted by atomic mass is 10.1. The first-order valence-corrected chi connectivity index (χ1v) is 8.31. The second kappa shape index (κ2) is 15.4. The van der Waals surface area contributed by atoms with Crippen LogP contribution in [0.4, 0.5) is 0 Å². The van der Waals surface area contributed by atoms with E-state index in [1.54, 1.807) is 0 Å². The number of carbonyl (C=O) groups excluding carboxylic acids is 2. The molecular weight excluding hydrogens is 292 g/mol. The topological polar surface area (TPSA) is 52.6 Å². The molecule has 0 aromatic heterocycles. The number of rotatable bonds is 13. The number of hydrogen-bond acceptors (Lipinski definition) is 4. The maximum atomic E-state index is 11.3. The maximum absolute atomic E-state index is 11.3. The van der Waals surface area contributed by atoms with Gasteiger partial charge in [0.15, 0.2) is 0 Å². The summed E-state index contributed by atoms with van der Waals surface area (Å²) in [5.74, 6) is -0.269. The molecule has 0 amide bonds. The summed E-state index contributed by atoms with van der Waals surface area (Å²) in [6.45, 7) is 2.79. The first kappa shape index (κ1) is 20.0. The first-order valence-electron chi connectivity index (χ1n) is 7.78. The van der Waals surface area contributed by atoms with Gasteiger partial charge in [-0.1, -0.05) is 39.0 Å². The standard InChI is InChI=1S/C16H27ClO4/c1-2-3-13-20-15(18)10-11-16(19)21-14-9-7-5-4-6-8-12-17/h10-11H,2-9,12-14H2,1H3/b11-10+. The molecule has 0 aromatic carbocycles. The average molecular weight is 319 g/mol. The molecule has 0 aliphatic carbocycles. The summed E-state index contributed by atoms with van der Waals surface area (Å²) in [7, 11) is 0. The van der Waals surface area contributed by atoms with Crippen LogP contribution in [0, 0.1) is 0 Å². The predicted octanol–water partition coefficient (Wildman–Crippen LogP) is 4.01. The Kier molecular flexibility index (Phi) is 14.6. The molecule has 0 bridgehead atoms. The van der Waals surface area contributed by atoms with Gasteiger partial charge >= 0.3 is 11.9 Å². The summed E-state index contributed by atoms with van der Waals surface area (Å²) >= 11 is 5.59. The lowest BCUT2D eigenvalue weighted by molar-refractivity contribution is -0.140. The van der Waals surface area contributed by atoms with E-state index in [1.165, 1.54) is 6.42 Å². The van der Waals surface area contributed by atoms with Gasteiger partial charge in [-0.15, -0.1) is 11.6 Å². The number of esters is 2. The number of halogens is 1. The van der Waals surface area contributed by atoms with E-state index in [4.69, 9.17) is 21.1 Å². The minimum absolute atomic E-state index is 0.387. The van der Waals surface area contributed by atoms with Crippen molar-refractivity contribution in [1.82, 2.24) is 0 Å². The zero-order valence-electron chi connectivity index (χ0n) is 12.9. The van der Waals surface area contributed by atoms with Crippen LogP contribution >= 0.6 is 11.6 Å². The molecule has 5 heteroatoms. The number of carbonyl (C=O) groups is 2. The fourth-order valence-corrected chi connectivity index (χ4v) is 1.81. The van der Waals surface area contributed by atoms with Gasteiger partial charge in [0.05, 0.1) is 13.2 Å². The van der Waals surface area contributed by atoms with Gasteiger partial charge in [0.25, 0.3) is 0 Å². The SMILES string of the molecule is CCCCOC(=O)/C=C/C(=O)OCCCCCCCCCl. The predicted molar refractivity (Wildman–Crippen MR) is 84.4 cm³/mol. The molecule has 0 saturated carbocycles. The molecule has 0 aliphatic heterocycles. The maximum Gasteiger partial charge on any atom is 0.331 e. The molecule has 0 unspecified atom stereocenters. The normalized spacial score (nSPS) is 10.8. The van der Waals surface area contributed by atoms with E-state index in [1.807, 2.05) is 6.92 Å². The molecule has 0 N–H and O–H groups in total. The van der Waals surface area contributed by atoms with Crippen LogP contribution in [0.25, 0.3) is 0 Å². The third-order valence-electron chi connectivity index (χ3n) is 2.87. The van der Waals surface area contributed by atoms with Gasteiger partial charge in [-0.05, 0) is 19.3 Å². The third-order valence-corrected chi connectivity index (χ3v) is 3.14. The number of hydrogen-bond donors (Lipinski definition) is 0. The second-order valence-electron chi connectivity index (χ2n) is 4.83. The van der Waals surface area contributed by atoms with Crippen LogP contribution in [0.1, 0.15) is 58.3 Å². The van der Waals surface area contributed by atoms with Gasteiger partial charge in [-0.25, -0.2) is 9.59 Å². The van der Waals surface area contributed by atoms with Gasteiger partial charge in [-0.2, -0.15) is 0 Å². The van der Waals surface area contributed by atoms with Crippen molar-refractivity contribution in [2.75, 3.05) is 19.1 Å². The summed E-state index contributed by atoms with van der Waals surface area (Å²) in [6.07, 6.45) is 10.4. The van der Waals surface area contributed by atoms with Crippen molar-refractivity contribution in [2.24, 2.45) is 0 Å². The van der Waals surface area contributed by atoms with Crippen LogP contribution in [0.2, 0.25) is 0 Å². The van der Waals surface area contributed by atoms with Crippen molar-refractivity contribution < 1.29 is 19.1 Å². The average Bonchev–Trinajstić information content (AvgIpc) is 2.48. The number of ether oxygens (including phenoxy) is 2. The van der Waals surface area contributed by atoms with Crippen LogP contribution < -0.4 is 0 Å². The third kappa shape index (κ3) is 15.2. The van der Waals surface area contributed by atoms with E-state index in [0.717, 1.165) is 63.0 Å². The fourth-order valence-electron chi connectivity index (χ4n) is 1.63. The quantitative estimate of drug-likeness (QED) is 0.223. The highest BCUT2D eigenvalue weighted by Crippen LogP contribution is 2.06. The van der Waals surface area contributed by atoms with Crippen LogP contribution in [0.5, 0.6) is 0 Å². The summed E-state index contributed by atoms with van der Waals surface area (Å²) in [5, 5.41) is 0. The Hall–Kier alpha value is -1.03. The molecule has 0 spiro atoms. The minimum Gasteiger partial charge on any atom is -0.463 e. The minimum atomic E-state index is -0.500. The lowest BCUT2D eigenvalue weighted by Gasteiger charge is -2.02. The molecule has 0 rings (SSSR count). The summed E-state index contributed by atoms with van der Waals surface area (Å²) in [5.41, 5.74) is 0. The van der Waals surface area contributed by atoms with Crippen molar-refractivity contribution in [2.45, 2.75) is 58.3 Å². The zero-order valence-corrected chi connectivity index (χ0v) is 13.7. The smallest absolute Gasteiger partial charge is 0.331 e. The van der Waals surface area contributed by atoms with Crippen LogP contribution in [-0.2, 0) is 19.1 Å². The molecule has 0 aliphatic rings. The summed E-state index contributed by atoms with van der Waals surface area (Å²) in [6, 6.07) is 0. The van der Waals surface area contributed by atoms with Gasteiger partial charge < -0.3 is 9.47 Å². The molecule has 4 nitrogen and oxygen atoms in total. The van der Waals surface area contributed by atoms with Crippen LogP contribution in [0.3, 0.4) is 0 Å². The van der Waals surface area contributed by atoms with Crippen molar-refractivity contribution in [3.05, 3.63) is 12.2 Å². The largest absolute Gasteiger partial charge is 0.463 e. The summed E-state index contributed by atoms with van der Waals surface area (Å²) < 4.78 is 9.87. The van der Waals surface area contributed by atoms with Crippen molar-refractivity contribution in [1.29, 1.82) is 0 Å². The number of alkyl halides is 1. The second-order valence-corrected chi connectivity index (χ2v) is 5.21. The molecule has 0 heterocycles. The molecule has 122 valence electrons. The lowest BCUT2D eigenvalue weighted by Crippen LogP contribution is -2.06. The Labute approximate surface area is 132 Å². The summed E-state index contributed by atoms with van der Waals surface area (Å²) in [4.78, 5) is 22.5. The van der Waals surface area contributed by atoms with Crippen molar-refractivity contribution in [3.63, 3.8) is 0 Å². The Morgan fingerprint density at radius 2 is 1.29 bits per heavy atom. The van der Waals surface area contributed by atoms with E-state index < -0.39 is 11.9 Å². The van der Waals surface area contributed by atoms with E-state index in [0.29, 0.717) is 13.2 Å². The van der Waals surface area contributed by atoms with E-state index >= 15 is 0 Å². The molecule has 0 atom stereocenters. The highest BCUT2D eigenvalue weighted by atomic mass is 35.5. The van der Waals surface area contributed by atoms with Gasteiger partial charge in [0.1, 0.15) is 0 Å². The number of unbranched alkanes of at least 4 members (excludes halogenated alkanes) is 6. The zero-order chi connectivity index (χ0) is 15.8. The van der Waals surface area contributed by atoms with Gasteiger partial charge in [0, 0.05) is 18.0 Å². The van der Waals surface area contributed by atoms with E-state index in [9.17, 15) is 9.59 Å². The first-order chi connectivity index (χ1) is 10.2. The molecule has 0 fully saturated rings. The molecule has 0 saturated heterocycles. The molecule has 0 radical (unpaired) electrons. The fraction of sp³-hybridized carbons (Fsp3) is 0.750. The van der Waals surface area contributed by atoms with Crippen molar-refractivity contribution in [3.8, 4) is 0 Å². The van der Waals surface area contributed by atoms with Crippen LogP contribution in [0.15, 0.2) is 12.2 Å².